The average Bonchev–Trinajstić information content (AvgIpc) is 2.60. The Morgan fingerprint density at radius 2 is 1.89 bits per heavy atom. The summed E-state index contributed by atoms with van der Waals surface area (Å²) in [7, 11) is 0. The second-order valence-electron chi connectivity index (χ2n) is 5.76. The zero-order valence-corrected chi connectivity index (χ0v) is 11.5. The molecule has 0 aromatic carbocycles. The van der Waals surface area contributed by atoms with E-state index in [1.54, 1.807) is 0 Å². The lowest BCUT2D eigenvalue weighted by molar-refractivity contribution is -0.301. The van der Waals surface area contributed by atoms with Crippen molar-refractivity contribution in [2.24, 2.45) is 11.3 Å². The normalized spacial score (nSPS) is 13.3. The van der Waals surface area contributed by atoms with Gasteiger partial charge in [0.2, 0.25) is 5.89 Å². The summed E-state index contributed by atoms with van der Waals surface area (Å²) in [5, 5.41) is 3.61. The van der Waals surface area contributed by atoms with Gasteiger partial charge in [-0.2, -0.15) is 13.8 Å². The number of hydrogen-bond donors (Lipinski definition) is 0. The van der Waals surface area contributed by atoms with Crippen LogP contribution < -0.4 is 0 Å². The van der Waals surface area contributed by atoms with Crippen molar-refractivity contribution in [3.63, 3.8) is 0 Å². The summed E-state index contributed by atoms with van der Waals surface area (Å²) in [5.41, 5.74) is -1.27. The quantitative estimate of drug-likeness (QED) is 0.815. The molecule has 0 bridgehead atoms. The number of halogens is 2. The van der Waals surface area contributed by atoms with Crippen LogP contribution in [0, 0.1) is 11.3 Å². The monoisotopic (exact) mass is 262 g/mol. The molecule has 0 unspecified atom stereocenters. The fourth-order valence-electron chi connectivity index (χ4n) is 1.15. The van der Waals surface area contributed by atoms with Crippen LogP contribution in [0.25, 0.3) is 0 Å². The van der Waals surface area contributed by atoms with Gasteiger partial charge in [-0.25, -0.2) is 0 Å². The van der Waals surface area contributed by atoms with Gasteiger partial charge in [0, 0.05) is 6.42 Å². The summed E-state index contributed by atoms with van der Waals surface area (Å²) in [6.07, 6.45) is -2.60. The minimum atomic E-state index is -3.23. The van der Waals surface area contributed by atoms with Crippen LogP contribution in [-0.4, -0.2) is 16.2 Å². The first-order valence-electron chi connectivity index (χ1n) is 5.95. The van der Waals surface area contributed by atoms with Crippen LogP contribution in [0.15, 0.2) is 4.52 Å². The van der Waals surface area contributed by atoms with E-state index in [1.807, 2.05) is 13.8 Å². The zero-order chi connectivity index (χ0) is 14.0. The van der Waals surface area contributed by atoms with Crippen molar-refractivity contribution in [3.8, 4) is 0 Å². The van der Waals surface area contributed by atoms with Gasteiger partial charge >= 0.3 is 6.11 Å². The maximum absolute atomic E-state index is 13.5. The Bertz CT molecular complexity index is 384. The van der Waals surface area contributed by atoms with Crippen molar-refractivity contribution in [3.05, 3.63) is 11.7 Å². The molecule has 1 aromatic heterocycles. The third-order valence-corrected chi connectivity index (χ3v) is 2.35. The first-order chi connectivity index (χ1) is 8.12. The van der Waals surface area contributed by atoms with Gasteiger partial charge in [-0.1, -0.05) is 39.8 Å². The molecule has 104 valence electrons. The first kappa shape index (κ1) is 15.0. The lowest BCUT2D eigenvalue weighted by Crippen LogP contribution is -2.36. The lowest BCUT2D eigenvalue weighted by atomic mass is 9.95. The molecular formula is C12H20F2N2O2. The van der Waals surface area contributed by atoms with Gasteiger partial charge in [-0.3, -0.25) is 0 Å². The largest absolute Gasteiger partial charge is 0.360 e. The highest BCUT2D eigenvalue weighted by Gasteiger charge is 2.44. The SMILES string of the molecule is CC(C)Cc1nc(COC(F)(F)C(C)(C)C)no1. The summed E-state index contributed by atoms with van der Waals surface area (Å²) in [5.74, 6) is 0.965. The van der Waals surface area contributed by atoms with Crippen LogP contribution in [0.5, 0.6) is 0 Å². The summed E-state index contributed by atoms with van der Waals surface area (Å²) in [6.45, 7) is 7.89. The maximum Gasteiger partial charge on any atom is 0.360 e. The van der Waals surface area contributed by atoms with Gasteiger partial charge in [0.05, 0.1) is 5.41 Å². The fraction of sp³-hybridized carbons (Fsp3) is 0.833. The van der Waals surface area contributed by atoms with Crippen LogP contribution >= 0.6 is 0 Å². The summed E-state index contributed by atoms with van der Waals surface area (Å²) in [6, 6.07) is 0. The van der Waals surface area contributed by atoms with Gasteiger partial charge in [0.1, 0.15) is 6.61 Å². The zero-order valence-electron chi connectivity index (χ0n) is 11.5. The molecule has 0 saturated carbocycles. The molecule has 4 nitrogen and oxygen atoms in total. The second-order valence-corrected chi connectivity index (χ2v) is 5.76. The fourth-order valence-corrected chi connectivity index (χ4v) is 1.15. The molecule has 0 amide bonds. The van der Waals surface area contributed by atoms with Gasteiger partial charge in [0.15, 0.2) is 5.82 Å². The van der Waals surface area contributed by atoms with E-state index in [9.17, 15) is 8.78 Å². The molecular weight excluding hydrogens is 242 g/mol. The Kier molecular flexibility index (Phi) is 4.42. The standard InChI is InChI=1S/C12H20F2N2O2/c1-8(2)6-10-15-9(16-18-10)7-17-12(13,14)11(3,4)5/h8H,6-7H2,1-5H3. The van der Waals surface area contributed by atoms with E-state index in [-0.39, 0.29) is 12.4 Å². The van der Waals surface area contributed by atoms with Crippen LogP contribution in [0.2, 0.25) is 0 Å². The molecule has 1 rings (SSSR count). The molecule has 0 aliphatic rings. The molecule has 1 aromatic rings. The van der Waals surface area contributed by atoms with Crippen molar-refractivity contribution in [1.29, 1.82) is 0 Å². The van der Waals surface area contributed by atoms with E-state index in [2.05, 4.69) is 14.9 Å². The molecule has 0 aliphatic heterocycles. The van der Waals surface area contributed by atoms with E-state index in [1.165, 1.54) is 20.8 Å². The highest BCUT2D eigenvalue weighted by molar-refractivity contribution is 4.86. The maximum atomic E-state index is 13.5. The Hall–Kier alpha value is -1.04. The summed E-state index contributed by atoms with van der Waals surface area (Å²) >= 11 is 0. The third-order valence-electron chi connectivity index (χ3n) is 2.35. The Morgan fingerprint density at radius 1 is 1.28 bits per heavy atom. The molecule has 0 N–H and O–H groups in total. The Balaban J connectivity index is 2.56. The summed E-state index contributed by atoms with van der Waals surface area (Å²) in [4.78, 5) is 4.00. The van der Waals surface area contributed by atoms with E-state index in [0.717, 1.165) is 0 Å². The lowest BCUT2D eigenvalue weighted by Gasteiger charge is -2.29. The van der Waals surface area contributed by atoms with E-state index < -0.39 is 11.5 Å². The number of nitrogens with zero attached hydrogens (tertiary/aromatic N) is 2. The topological polar surface area (TPSA) is 48.2 Å². The molecule has 18 heavy (non-hydrogen) atoms. The van der Waals surface area contributed by atoms with E-state index in [4.69, 9.17) is 4.52 Å². The van der Waals surface area contributed by atoms with Crippen LogP contribution in [-0.2, 0) is 17.8 Å². The van der Waals surface area contributed by atoms with Crippen molar-refractivity contribution in [2.75, 3.05) is 0 Å². The van der Waals surface area contributed by atoms with Crippen molar-refractivity contribution in [2.45, 2.75) is 53.8 Å². The average molecular weight is 262 g/mol. The van der Waals surface area contributed by atoms with E-state index >= 15 is 0 Å². The van der Waals surface area contributed by atoms with Gasteiger partial charge in [0.25, 0.3) is 0 Å². The molecule has 1 heterocycles. The number of rotatable bonds is 5. The molecule has 0 fully saturated rings. The minimum Gasteiger partial charge on any atom is -0.339 e. The van der Waals surface area contributed by atoms with E-state index in [0.29, 0.717) is 18.2 Å². The smallest absolute Gasteiger partial charge is 0.339 e. The second kappa shape index (κ2) is 5.30. The molecule has 6 heteroatoms. The minimum absolute atomic E-state index is 0.148. The summed E-state index contributed by atoms with van der Waals surface area (Å²) < 4.78 is 36.6. The van der Waals surface area contributed by atoms with Gasteiger partial charge in [-0.05, 0) is 5.92 Å². The van der Waals surface area contributed by atoms with Crippen LogP contribution in [0.3, 0.4) is 0 Å². The van der Waals surface area contributed by atoms with Crippen molar-refractivity contribution in [1.82, 2.24) is 10.1 Å². The molecule has 0 radical (unpaired) electrons. The Morgan fingerprint density at radius 3 is 2.39 bits per heavy atom. The van der Waals surface area contributed by atoms with Crippen molar-refractivity contribution < 1.29 is 18.0 Å². The van der Waals surface area contributed by atoms with Crippen molar-refractivity contribution >= 4 is 0 Å². The Labute approximate surface area is 106 Å². The number of ether oxygens (including phenoxy) is 1. The van der Waals surface area contributed by atoms with Gasteiger partial charge < -0.3 is 9.26 Å². The molecule has 0 saturated heterocycles. The number of aromatic nitrogens is 2. The van der Waals surface area contributed by atoms with Crippen LogP contribution in [0.4, 0.5) is 8.78 Å². The molecule has 0 spiro atoms. The number of hydrogen-bond acceptors (Lipinski definition) is 4. The molecule has 0 atom stereocenters. The predicted octanol–water partition coefficient (Wildman–Crippen LogP) is 3.42. The number of alkyl halides is 2. The molecule has 0 aliphatic carbocycles. The third kappa shape index (κ3) is 4.01. The predicted molar refractivity (Wildman–Crippen MR) is 62.0 cm³/mol. The van der Waals surface area contributed by atoms with Crippen LogP contribution in [0.1, 0.15) is 46.3 Å². The highest BCUT2D eigenvalue weighted by atomic mass is 19.3. The first-order valence-corrected chi connectivity index (χ1v) is 5.95. The highest BCUT2D eigenvalue weighted by Crippen LogP contribution is 2.36. The van der Waals surface area contributed by atoms with Gasteiger partial charge in [-0.15, -0.1) is 0 Å².